The first-order valence-corrected chi connectivity index (χ1v) is 9.80. The van der Waals surface area contributed by atoms with Gasteiger partial charge in [-0.05, 0) is 45.4 Å². The largest absolute Gasteiger partial charge is 0.494 e. The second kappa shape index (κ2) is 7.23. The summed E-state index contributed by atoms with van der Waals surface area (Å²) >= 11 is 1.45. The molecule has 140 valence electrons. The molecular formula is C19H25N3O3S. The van der Waals surface area contributed by atoms with Gasteiger partial charge < -0.3 is 10.1 Å². The van der Waals surface area contributed by atoms with E-state index in [4.69, 9.17) is 4.74 Å². The fraction of sp³-hybridized carbons (Fsp3) is 0.526. The van der Waals surface area contributed by atoms with E-state index >= 15 is 0 Å². The zero-order chi connectivity index (χ0) is 18.9. The first-order chi connectivity index (χ1) is 12.3. The first-order valence-electron chi connectivity index (χ1n) is 8.98. The highest BCUT2D eigenvalue weighted by Gasteiger charge is 2.37. The summed E-state index contributed by atoms with van der Waals surface area (Å²) in [6, 6.07) is 5.72. The monoisotopic (exact) mass is 375 g/mol. The molecule has 2 heterocycles. The van der Waals surface area contributed by atoms with Gasteiger partial charge in [-0.2, -0.15) is 0 Å². The molecule has 1 fully saturated rings. The number of fused-ring (bicyclic) bond motifs is 1. The fourth-order valence-electron chi connectivity index (χ4n) is 2.86. The minimum absolute atomic E-state index is 0.0523. The Kier molecular flexibility index (Phi) is 5.18. The van der Waals surface area contributed by atoms with Gasteiger partial charge in [0.25, 0.3) is 0 Å². The molecular weight excluding hydrogens is 350 g/mol. The molecule has 1 saturated heterocycles. The number of hydrogen-bond donors (Lipinski definition) is 1. The van der Waals surface area contributed by atoms with Crippen molar-refractivity contribution in [2.24, 2.45) is 5.92 Å². The molecule has 1 unspecified atom stereocenters. The predicted octanol–water partition coefficient (Wildman–Crippen LogP) is 3.35. The third-order valence-corrected chi connectivity index (χ3v) is 5.77. The molecule has 7 heteroatoms. The van der Waals surface area contributed by atoms with Gasteiger partial charge in [0.1, 0.15) is 5.75 Å². The number of thiazole rings is 1. The number of carbonyl (C=O) groups is 2. The standard InChI is InChI=1S/C19H25N3O3S/c1-5-19(3,4)21-17(24)12-9-16(23)22(11-12)18-20-14-8-7-13(25-6-2)10-15(14)26-18/h7-8,10,12H,5-6,9,11H2,1-4H3,(H,21,24). The molecule has 0 bridgehead atoms. The minimum Gasteiger partial charge on any atom is -0.494 e. The van der Waals surface area contributed by atoms with Crippen molar-refractivity contribution in [3.05, 3.63) is 18.2 Å². The van der Waals surface area contributed by atoms with E-state index < -0.39 is 0 Å². The second-order valence-electron chi connectivity index (χ2n) is 7.19. The molecule has 3 rings (SSSR count). The van der Waals surface area contributed by atoms with Crippen molar-refractivity contribution in [3.8, 4) is 5.75 Å². The Morgan fingerprint density at radius 3 is 2.88 bits per heavy atom. The highest BCUT2D eigenvalue weighted by molar-refractivity contribution is 7.22. The van der Waals surface area contributed by atoms with Crippen LogP contribution in [-0.2, 0) is 9.59 Å². The Balaban J connectivity index is 1.76. The summed E-state index contributed by atoms with van der Waals surface area (Å²) in [5, 5.41) is 3.68. The summed E-state index contributed by atoms with van der Waals surface area (Å²) in [4.78, 5) is 31.2. The van der Waals surface area contributed by atoms with Crippen LogP contribution in [0.5, 0.6) is 5.75 Å². The zero-order valence-electron chi connectivity index (χ0n) is 15.7. The molecule has 0 radical (unpaired) electrons. The third-order valence-electron chi connectivity index (χ3n) is 4.73. The minimum atomic E-state index is -0.334. The molecule has 1 N–H and O–H groups in total. The van der Waals surface area contributed by atoms with E-state index in [1.165, 1.54) is 11.3 Å². The topological polar surface area (TPSA) is 71.5 Å². The van der Waals surface area contributed by atoms with Gasteiger partial charge in [-0.15, -0.1) is 0 Å². The smallest absolute Gasteiger partial charge is 0.229 e. The number of carbonyl (C=O) groups excluding carboxylic acids is 2. The number of nitrogens with zero attached hydrogens (tertiary/aromatic N) is 2. The average molecular weight is 375 g/mol. The molecule has 1 aliphatic rings. The van der Waals surface area contributed by atoms with Crippen LogP contribution >= 0.6 is 11.3 Å². The quantitative estimate of drug-likeness (QED) is 0.840. The van der Waals surface area contributed by atoms with E-state index in [2.05, 4.69) is 10.3 Å². The maximum Gasteiger partial charge on any atom is 0.229 e. The maximum atomic E-state index is 12.5. The van der Waals surface area contributed by atoms with Gasteiger partial charge in [-0.3, -0.25) is 14.5 Å². The predicted molar refractivity (Wildman–Crippen MR) is 104 cm³/mol. The van der Waals surface area contributed by atoms with Crippen LogP contribution in [0.15, 0.2) is 18.2 Å². The lowest BCUT2D eigenvalue weighted by Gasteiger charge is -2.26. The molecule has 2 aromatic rings. The highest BCUT2D eigenvalue weighted by atomic mass is 32.1. The Morgan fingerprint density at radius 2 is 2.19 bits per heavy atom. The SMILES string of the molecule is CCOc1ccc2nc(N3CC(C(=O)NC(C)(C)CC)CC3=O)sc2c1. The van der Waals surface area contributed by atoms with E-state index in [1.807, 2.05) is 45.9 Å². The summed E-state index contributed by atoms with van der Waals surface area (Å²) in [5.74, 6) is 0.345. The van der Waals surface area contributed by atoms with Gasteiger partial charge >= 0.3 is 0 Å². The van der Waals surface area contributed by atoms with Crippen LogP contribution in [0.3, 0.4) is 0 Å². The van der Waals surface area contributed by atoms with Gasteiger partial charge in [0, 0.05) is 18.5 Å². The van der Waals surface area contributed by atoms with Crippen LogP contribution < -0.4 is 15.0 Å². The maximum absolute atomic E-state index is 12.5. The molecule has 1 atom stereocenters. The lowest BCUT2D eigenvalue weighted by Crippen LogP contribution is -2.46. The molecule has 1 aromatic heterocycles. The Labute approximate surface area is 157 Å². The van der Waals surface area contributed by atoms with Gasteiger partial charge in [0.15, 0.2) is 5.13 Å². The number of ether oxygens (including phenoxy) is 1. The van der Waals surface area contributed by atoms with Gasteiger partial charge in [-0.1, -0.05) is 18.3 Å². The fourth-order valence-corrected chi connectivity index (χ4v) is 3.88. The number of nitrogens with one attached hydrogen (secondary N) is 1. The van der Waals surface area contributed by atoms with Crippen molar-refractivity contribution in [1.29, 1.82) is 0 Å². The summed E-state index contributed by atoms with van der Waals surface area (Å²) in [5.41, 5.74) is 0.570. The van der Waals surface area contributed by atoms with Gasteiger partial charge in [0.2, 0.25) is 11.8 Å². The summed E-state index contributed by atoms with van der Waals surface area (Å²) < 4.78 is 6.49. The second-order valence-corrected chi connectivity index (χ2v) is 8.20. The zero-order valence-corrected chi connectivity index (χ0v) is 16.5. The third kappa shape index (κ3) is 3.82. The Morgan fingerprint density at radius 1 is 1.42 bits per heavy atom. The van der Waals surface area contributed by atoms with Crippen molar-refractivity contribution in [3.63, 3.8) is 0 Å². The summed E-state index contributed by atoms with van der Waals surface area (Å²) in [6.45, 7) is 8.93. The van der Waals surface area contributed by atoms with Crippen molar-refractivity contribution < 1.29 is 14.3 Å². The Bertz CT molecular complexity index is 831. The lowest BCUT2D eigenvalue weighted by molar-refractivity contribution is -0.127. The number of aromatic nitrogens is 1. The number of rotatable bonds is 6. The summed E-state index contributed by atoms with van der Waals surface area (Å²) in [6.07, 6.45) is 1.06. The molecule has 1 aromatic carbocycles. The molecule has 2 amide bonds. The van der Waals surface area contributed by atoms with Gasteiger partial charge in [0.05, 0.1) is 22.7 Å². The molecule has 1 aliphatic heterocycles. The van der Waals surface area contributed by atoms with E-state index in [0.29, 0.717) is 18.3 Å². The van der Waals surface area contributed by atoms with E-state index in [-0.39, 0.29) is 29.7 Å². The van der Waals surface area contributed by atoms with E-state index in [1.54, 1.807) is 4.90 Å². The van der Waals surface area contributed by atoms with Crippen molar-refractivity contribution in [2.75, 3.05) is 18.1 Å². The summed E-state index contributed by atoms with van der Waals surface area (Å²) in [7, 11) is 0. The van der Waals surface area contributed by atoms with Crippen molar-refractivity contribution >= 4 is 38.5 Å². The number of anilines is 1. The number of benzene rings is 1. The van der Waals surface area contributed by atoms with Crippen LogP contribution in [0.1, 0.15) is 40.5 Å². The molecule has 0 saturated carbocycles. The van der Waals surface area contributed by atoms with E-state index in [0.717, 1.165) is 22.4 Å². The Hall–Kier alpha value is -2.15. The molecule has 0 aliphatic carbocycles. The van der Waals surface area contributed by atoms with Crippen molar-refractivity contribution in [1.82, 2.24) is 10.3 Å². The normalized spacial score (nSPS) is 17.8. The van der Waals surface area contributed by atoms with Gasteiger partial charge in [-0.25, -0.2) is 4.98 Å². The van der Waals surface area contributed by atoms with E-state index in [9.17, 15) is 9.59 Å². The highest BCUT2D eigenvalue weighted by Crippen LogP contribution is 2.34. The van der Waals surface area contributed by atoms with Crippen LogP contribution in [-0.4, -0.2) is 35.5 Å². The molecule has 0 spiro atoms. The van der Waals surface area contributed by atoms with Crippen LogP contribution in [0.4, 0.5) is 5.13 Å². The number of amides is 2. The molecule has 6 nitrogen and oxygen atoms in total. The molecule has 26 heavy (non-hydrogen) atoms. The lowest BCUT2D eigenvalue weighted by atomic mass is 9.99. The average Bonchev–Trinajstić information content (AvgIpc) is 3.17. The van der Waals surface area contributed by atoms with Crippen LogP contribution in [0, 0.1) is 5.92 Å². The van der Waals surface area contributed by atoms with Crippen LogP contribution in [0.2, 0.25) is 0 Å². The van der Waals surface area contributed by atoms with Crippen molar-refractivity contribution in [2.45, 2.75) is 46.1 Å². The number of hydrogen-bond acceptors (Lipinski definition) is 5. The first kappa shape index (κ1) is 18.6. The van der Waals surface area contributed by atoms with Crippen LogP contribution in [0.25, 0.3) is 10.2 Å².